The predicted molar refractivity (Wildman–Crippen MR) is 78.3 cm³/mol. The molecular formula is C15H34N2. The molecule has 2 heteroatoms. The number of unbranched alkanes of at least 4 members (excludes halogenated alkanes) is 3. The average Bonchev–Trinajstić information content (AvgIpc) is 2.36. The van der Waals surface area contributed by atoms with Crippen molar-refractivity contribution in [2.75, 3.05) is 13.1 Å². The Hall–Kier alpha value is -0.0800. The van der Waals surface area contributed by atoms with Crippen molar-refractivity contribution in [3.63, 3.8) is 0 Å². The fourth-order valence-electron chi connectivity index (χ4n) is 2.17. The first-order chi connectivity index (χ1) is 8.11. The van der Waals surface area contributed by atoms with E-state index in [2.05, 4.69) is 33.0 Å². The van der Waals surface area contributed by atoms with E-state index in [1.807, 2.05) is 0 Å². The Morgan fingerprint density at radius 3 is 2.18 bits per heavy atom. The highest BCUT2D eigenvalue weighted by molar-refractivity contribution is 4.84. The van der Waals surface area contributed by atoms with Crippen LogP contribution in [0.4, 0.5) is 0 Å². The van der Waals surface area contributed by atoms with Crippen LogP contribution in [0.2, 0.25) is 0 Å². The molecule has 0 heterocycles. The second-order valence-corrected chi connectivity index (χ2v) is 5.64. The SMILES string of the molecule is CCCCCCC(C)(CN)NCC(CC)CC. The van der Waals surface area contributed by atoms with Crippen LogP contribution in [0.5, 0.6) is 0 Å². The topological polar surface area (TPSA) is 38.0 Å². The fourth-order valence-corrected chi connectivity index (χ4v) is 2.17. The average molecular weight is 242 g/mol. The van der Waals surface area contributed by atoms with Crippen LogP contribution in [0.25, 0.3) is 0 Å². The van der Waals surface area contributed by atoms with E-state index in [1.165, 1.54) is 44.9 Å². The van der Waals surface area contributed by atoms with Gasteiger partial charge in [-0.05, 0) is 25.8 Å². The van der Waals surface area contributed by atoms with Crippen molar-refractivity contribution >= 4 is 0 Å². The predicted octanol–water partition coefficient (Wildman–Crippen LogP) is 3.70. The first-order valence-corrected chi connectivity index (χ1v) is 7.56. The molecule has 1 unspecified atom stereocenters. The molecule has 0 spiro atoms. The van der Waals surface area contributed by atoms with E-state index >= 15 is 0 Å². The quantitative estimate of drug-likeness (QED) is 0.542. The van der Waals surface area contributed by atoms with Crippen LogP contribution >= 0.6 is 0 Å². The number of hydrogen-bond donors (Lipinski definition) is 2. The molecule has 1 atom stereocenters. The van der Waals surface area contributed by atoms with Gasteiger partial charge in [0.2, 0.25) is 0 Å². The zero-order valence-corrected chi connectivity index (χ0v) is 12.5. The number of rotatable bonds is 11. The molecule has 104 valence electrons. The standard InChI is InChI=1S/C15H34N2/c1-5-8-9-10-11-15(4,13-16)17-12-14(6-2)7-3/h14,17H,5-13,16H2,1-4H3. The smallest absolute Gasteiger partial charge is 0.0275 e. The number of nitrogens with one attached hydrogen (secondary N) is 1. The van der Waals surface area contributed by atoms with E-state index in [-0.39, 0.29) is 5.54 Å². The van der Waals surface area contributed by atoms with Crippen LogP contribution in [0.1, 0.15) is 72.6 Å². The first kappa shape index (κ1) is 16.9. The molecule has 0 aromatic carbocycles. The van der Waals surface area contributed by atoms with Gasteiger partial charge >= 0.3 is 0 Å². The van der Waals surface area contributed by atoms with Gasteiger partial charge in [0.05, 0.1) is 0 Å². The van der Waals surface area contributed by atoms with Crippen LogP contribution in [-0.2, 0) is 0 Å². The highest BCUT2D eigenvalue weighted by Crippen LogP contribution is 2.16. The minimum Gasteiger partial charge on any atom is -0.329 e. The van der Waals surface area contributed by atoms with E-state index in [0.717, 1.165) is 19.0 Å². The highest BCUT2D eigenvalue weighted by atomic mass is 15.0. The Bertz CT molecular complexity index is 166. The maximum absolute atomic E-state index is 5.93. The third kappa shape index (κ3) is 7.77. The van der Waals surface area contributed by atoms with Gasteiger partial charge in [-0.2, -0.15) is 0 Å². The van der Waals surface area contributed by atoms with Crippen LogP contribution in [0.15, 0.2) is 0 Å². The third-order valence-electron chi connectivity index (χ3n) is 4.00. The Morgan fingerprint density at radius 2 is 1.71 bits per heavy atom. The van der Waals surface area contributed by atoms with Gasteiger partial charge in [0.15, 0.2) is 0 Å². The largest absolute Gasteiger partial charge is 0.329 e. The lowest BCUT2D eigenvalue weighted by Crippen LogP contribution is -2.50. The maximum Gasteiger partial charge on any atom is 0.0275 e. The molecule has 0 bridgehead atoms. The van der Waals surface area contributed by atoms with E-state index in [9.17, 15) is 0 Å². The van der Waals surface area contributed by atoms with E-state index < -0.39 is 0 Å². The van der Waals surface area contributed by atoms with Gasteiger partial charge in [-0.1, -0.05) is 59.3 Å². The minimum absolute atomic E-state index is 0.149. The Kier molecular flexibility index (Phi) is 9.85. The molecule has 0 aromatic heterocycles. The minimum atomic E-state index is 0.149. The summed E-state index contributed by atoms with van der Waals surface area (Å²) in [4.78, 5) is 0. The van der Waals surface area contributed by atoms with Crippen molar-refractivity contribution in [2.45, 2.75) is 78.2 Å². The molecule has 0 amide bonds. The summed E-state index contributed by atoms with van der Waals surface area (Å²) in [6.07, 6.45) is 9.05. The summed E-state index contributed by atoms with van der Waals surface area (Å²) >= 11 is 0. The lowest BCUT2D eigenvalue weighted by atomic mass is 9.92. The fraction of sp³-hybridized carbons (Fsp3) is 1.00. The molecule has 0 fully saturated rings. The van der Waals surface area contributed by atoms with Crippen molar-refractivity contribution in [1.29, 1.82) is 0 Å². The summed E-state index contributed by atoms with van der Waals surface area (Å²) in [7, 11) is 0. The summed E-state index contributed by atoms with van der Waals surface area (Å²) in [5.41, 5.74) is 6.08. The molecule has 0 saturated heterocycles. The lowest BCUT2D eigenvalue weighted by molar-refractivity contribution is 0.295. The maximum atomic E-state index is 5.93. The van der Waals surface area contributed by atoms with Gasteiger partial charge in [-0.3, -0.25) is 0 Å². The summed E-state index contributed by atoms with van der Waals surface area (Å²) in [5.74, 6) is 0.802. The molecule has 0 rings (SSSR count). The molecule has 0 aromatic rings. The Morgan fingerprint density at radius 1 is 1.06 bits per heavy atom. The monoisotopic (exact) mass is 242 g/mol. The molecule has 0 aliphatic rings. The molecule has 3 N–H and O–H groups in total. The normalized spacial score (nSPS) is 15.2. The van der Waals surface area contributed by atoms with Gasteiger partial charge in [-0.15, -0.1) is 0 Å². The zero-order chi connectivity index (χ0) is 13.1. The molecule has 0 radical (unpaired) electrons. The van der Waals surface area contributed by atoms with Crippen LogP contribution in [0.3, 0.4) is 0 Å². The van der Waals surface area contributed by atoms with E-state index in [0.29, 0.717) is 0 Å². The summed E-state index contributed by atoms with van der Waals surface area (Å²) in [6.45, 7) is 11.0. The van der Waals surface area contributed by atoms with Crippen LogP contribution in [-0.4, -0.2) is 18.6 Å². The number of hydrogen-bond acceptors (Lipinski definition) is 2. The summed E-state index contributed by atoms with van der Waals surface area (Å²) in [6, 6.07) is 0. The van der Waals surface area contributed by atoms with Crippen molar-refractivity contribution in [2.24, 2.45) is 11.7 Å². The zero-order valence-electron chi connectivity index (χ0n) is 12.5. The third-order valence-corrected chi connectivity index (χ3v) is 4.00. The van der Waals surface area contributed by atoms with Crippen molar-refractivity contribution in [3.05, 3.63) is 0 Å². The van der Waals surface area contributed by atoms with Crippen molar-refractivity contribution in [3.8, 4) is 0 Å². The molecular weight excluding hydrogens is 208 g/mol. The Balaban J connectivity index is 3.91. The van der Waals surface area contributed by atoms with Crippen molar-refractivity contribution < 1.29 is 0 Å². The van der Waals surface area contributed by atoms with Gasteiger partial charge in [-0.25, -0.2) is 0 Å². The second kappa shape index (κ2) is 9.90. The summed E-state index contributed by atoms with van der Waals surface area (Å²) in [5, 5.41) is 3.70. The number of nitrogens with two attached hydrogens (primary N) is 1. The van der Waals surface area contributed by atoms with Gasteiger partial charge < -0.3 is 11.1 Å². The van der Waals surface area contributed by atoms with E-state index in [1.54, 1.807) is 0 Å². The lowest BCUT2D eigenvalue weighted by Gasteiger charge is -2.31. The van der Waals surface area contributed by atoms with Gasteiger partial charge in [0, 0.05) is 12.1 Å². The Labute approximate surface area is 109 Å². The molecule has 2 nitrogen and oxygen atoms in total. The first-order valence-electron chi connectivity index (χ1n) is 7.56. The highest BCUT2D eigenvalue weighted by Gasteiger charge is 2.21. The van der Waals surface area contributed by atoms with E-state index in [4.69, 9.17) is 5.73 Å². The molecule has 0 saturated carbocycles. The van der Waals surface area contributed by atoms with Gasteiger partial charge in [0.1, 0.15) is 0 Å². The van der Waals surface area contributed by atoms with Crippen molar-refractivity contribution in [1.82, 2.24) is 5.32 Å². The summed E-state index contributed by atoms with van der Waals surface area (Å²) < 4.78 is 0. The second-order valence-electron chi connectivity index (χ2n) is 5.64. The molecule has 17 heavy (non-hydrogen) atoms. The van der Waals surface area contributed by atoms with Crippen LogP contribution < -0.4 is 11.1 Å². The van der Waals surface area contributed by atoms with Crippen LogP contribution in [0, 0.1) is 5.92 Å². The molecule has 0 aliphatic carbocycles. The van der Waals surface area contributed by atoms with Gasteiger partial charge in [0.25, 0.3) is 0 Å². The molecule has 0 aliphatic heterocycles.